The second-order valence-corrected chi connectivity index (χ2v) is 4.73. The van der Waals surface area contributed by atoms with E-state index in [1.54, 1.807) is 11.3 Å². The molecule has 0 spiro atoms. The van der Waals surface area contributed by atoms with Gasteiger partial charge in [-0.05, 0) is 48.5 Å². The van der Waals surface area contributed by atoms with Gasteiger partial charge in [-0.25, -0.2) is 0 Å². The van der Waals surface area contributed by atoms with Gasteiger partial charge in [0.05, 0.1) is 6.04 Å². The van der Waals surface area contributed by atoms with Crippen LogP contribution in [0.5, 0.6) is 0 Å². The fourth-order valence-corrected chi connectivity index (χ4v) is 2.61. The lowest BCUT2D eigenvalue weighted by Gasteiger charge is -2.12. The van der Waals surface area contributed by atoms with Crippen LogP contribution in [0, 0.1) is 0 Å². The van der Waals surface area contributed by atoms with Gasteiger partial charge in [0.2, 0.25) is 0 Å². The monoisotopic (exact) mass is 233 g/mol. The molecule has 1 aromatic carbocycles. The van der Waals surface area contributed by atoms with Crippen molar-refractivity contribution in [3.8, 4) is 0 Å². The van der Waals surface area contributed by atoms with Gasteiger partial charge in [0.1, 0.15) is 0 Å². The van der Waals surface area contributed by atoms with E-state index in [0.717, 1.165) is 17.4 Å². The van der Waals surface area contributed by atoms with Gasteiger partial charge < -0.3 is 5.32 Å². The number of hydrogen-bond donors (Lipinski definition) is 1. The van der Waals surface area contributed by atoms with Gasteiger partial charge in [0.15, 0.2) is 5.78 Å². The van der Waals surface area contributed by atoms with Crippen molar-refractivity contribution in [1.82, 2.24) is 5.32 Å². The molecule has 0 saturated heterocycles. The van der Waals surface area contributed by atoms with Gasteiger partial charge in [-0.1, -0.05) is 6.92 Å². The van der Waals surface area contributed by atoms with Crippen LogP contribution in [0.4, 0.5) is 0 Å². The molecule has 1 N–H and O–H groups in total. The molecule has 0 radical (unpaired) electrons. The van der Waals surface area contributed by atoms with Crippen molar-refractivity contribution in [2.75, 3.05) is 7.05 Å². The predicted molar refractivity (Wildman–Crippen MR) is 69.3 cm³/mol. The van der Waals surface area contributed by atoms with Crippen molar-refractivity contribution in [2.45, 2.75) is 19.4 Å². The number of fused-ring (bicyclic) bond motifs is 1. The summed E-state index contributed by atoms with van der Waals surface area (Å²) < 4.78 is 1.23. The predicted octanol–water partition coefficient (Wildman–Crippen LogP) is 3.08. The molecule has 1 unspecified atom stereocenters. The van der Waals surface area contributed by atoms with E-state index in [1.165, 1.54) is 4.70 Å². The molecular formula is C13H15NOS. The minimum atomic E-state index is -0.0731. The molecule has 3 heteroatoms. The van der Waals surface area contributed by atoms with Crippen LogP contribution in [0.25, 0.3) is 10.1 Å². The Morgan fingerprint density at radius 3 is 2.94 bits per heavy atom. The third-order valence-corrected chi connectivity index (χ3v) is 3.71. The molecule has 0 bridgehead atoms. The first-order chi connectivity index (χ1) is 7.76. The summed E-state index contributed by atoms with van der Waals surface area (Å²) in [5.41, 5.74) is 0.798. The van der Waals surface area contributed by atoms with Crippen LogP contribution in [-0.4, -0.2) is 18.9 Å². The lowest BCUT2D eigenvalue weighted by Crippen LogP contribution is -2.33. The van der Waals surface area contributed by atoms with Crippen LogP contribution >= 0.6 is 11.3 Å². The zero-order chi connectivity index (χ0) is 11.5. The molecule has 2 aromatic rings. The maximum atomic E-state index is 12.1. The number of Topliss-reactive ketones (excluding diaryl/α,β-unsaturated/α-hetero) is 1. The van der Waals surface area contributed by atoms with Crippen molar-refractivity contribution in [2.24, 2.45) is 0 Å². The molecule has 1 aromatic heterocycles. The normalized spacial score (nSPS) is 12.9. The van der Waals surface area contributed by atoms with E-state index >= 15 is 0 Å². The van der Waals surface area contributed by atoms with E-state index in [-0.39, 0.29) is 11.8 Å². The van der Waals surface area contributed by atoms with E-state index in [1.807, 2.05) is 37.6 Å². The van der Waals surface area contributed by atoms with E-state index < -0.39 is 0 Å². The van der Waals surface area contributed by atoms with E-state index in [9.17, 15) is 4.79 Å². The molecule has 2 rings (SSSR count). The van der Waals surface area contributed by atoms with Crippen LogP contribution < -0.4 is 5.32 Å². The average molecular weight is 233 g/mol. The van der Waals surface area contributed by atoms with Crippen LogP contribution in [-0.2, 0) is 0 Å². The number of ketones is 1. The Balaban J connectivity index is 2.35. The van der Waals surface area contributed by atoms with Crippen LogP contribution in [0.3, 0.4) is 0 Å². The summed E-state index contributed by atoms with van der Waals surface area (Å²) in [7, 11) is 1.83. The Morgan fingerprint density at radius 1 is 1.44 bits per heavy atom. The number of benzene rings is 1. The zero-order valence-electron chi connectivity index (χ0n) is 9.49. The molecule has 1 heterocycles. The van der Waals surface area contributed by atoms with Gasteiger partial charge in [-0.3, -0.25) is 4.79 Å². The Labute approximate surface area is 99.3 Å². The third kappa shape index (κ3) is 2.01. The summed E-state index contributed by atoms with van der Waals surface area (Å²) >= 11 is 1.70. The van der Waals surface area contributed by atoms with E-state index in [4.69, 9.17) is 0 Å². The minimum Gasteiger partial charge on any atom is -0.310 e. The molecular weight excluding hydrogens is 218 g/mol. The molecule has 0 aliphatic heterocycles. The molecule has 0 aliphatic rings. The summed E-state index contributed by atoms with van der Waals surface area (Å²) in [6.07, 6.45) is 0.816. The summed E-state index contributed by atoms with van der Waals surface area (Å²) in [4.78, 5) is 12.1. The Hall–Kier alpha value is -1.19. The molecule has 0 aliphatic carbocycles. The Kier molecular flexibility index (Phi) is 3.36. The molecule has 0 fully saturated rings. The summed E-state index contributed by atoms with van der Waals surface area (Å²) in [5, 5.41) is 6.25. The summed E-state index contributed by atoms with van der Waals surface area (Å²) in [6, 6.07) is 7.90. The van der Waals surface area contributed by atoms with Crippen LogP contribution in [0.2, 0.25) is 0 Å². The largest absolute Gasteiger partial charge is 0.310 e. The van der Waals surface area contributed by atoms with Crippen molar-refractivity contribution in [3.05, 3.63) is 35.2 Å². The van der Waals surface area contributed by atoms with Crippen LogP contribution in [0.15, 0.2) is 29.6 Å². The highest BCUT2D eigenvalue weighted by Gasteiger charge is 2.16. The fourth-order valence-electron chi connectivity index (χ4n) is 1.84. The number of likely N-dealkylation sites (N-methyl/N-ethyl adjacent to an activating group) is 1. The van der Waals surface area contributed by atoms with Crippen molar-refractivity contribution in [3.63, 3.8) is 0 Å². The molecule has 0 saturated carbocycles. The van der Waals surface area contributed by atoms with Crippen molar-refractivity contribution >= 4 is 27.2 Å². The molecule has 0 amide bonds. The van der Waals surface area contributed by atoms with E-state index in [2.05, 4.69) is 11.4 Å². The lowest BCUT2D eigenvalue weighted by atomic mass is 10.0. The zero-order valence-corrected chi connectivity index (χ0v) is 10.3. The summed E-state index contributed by atoms with van der Waals surface area (Å²) in [6.45, 7) is 2.02. The first-order valence-electron chi connectivity index (χ1n) is 5.45. The number of hydrogen-bond acceptors (Lipinski definition) is 3. The highest BCUT2D eigenvalue weighted by atomic mass is 32.1. The average Bonchev–Trinajstić information content (AvgIpc) is 2.77. The molecule has 2 nitrogen and oxygen atoms in total. The topological polar surface area (TPSA) is 29.1 Å². The SMILES string of the molecule is CCC(NC)C(=O)c1ccc2sccc2c1. The maximum absolute atomic E-state index is 12.1. The molecule has 84 valence electrons. The van der Waals surface area contributed by atoms with Crippen molar-refractivity contribution in [1.29, 1.82) is 0 Å². The third-order valence-electron chi connectivity index (χ3n) is 2.81. The van der Waals surface area contributed by atoms with Gasteiger partial charge in [0, 0.05) is 10.3 Å². The second kappa shape index (κ2) is 4.76. The number of nitrogens with one attached hydrogen (secondary N) is 1. The number of rotatable bonds is 4. The highest BCUT2D eigenvalue weighted by molar-refractivity contribution is 7.17. The molecule has 16 heavy (non-hydrogen) atoms. The lowest BCUT2D eigenvalue weighted by molar-refractivity contribution is 0.0945. The van der Waals surface area contributed by atoms with Crippen LogP contribution in [0.1, 0.15) is 23.7 Å². The van der Waals surface area contributed by atoms with Gasteiger partial charge >= 0.3 is 0 Å². The van der Waals surface area contributed by atoms with E-state index in [0.29, 0.717) is 0 Å². The second-order valence-electron chi connectivity index (χ2n) is 3.79. The molecule has 1 atom stereocenters. The quantitative estimate of drug-likeness (QED) is 0.822. The standard InChI is InChI=1S/C13H15NOS/c1-3-11(14-2)13(15)10-4-5-12-9(8-10)6-7-16-12/h4-8,11,14H,3H2,1-2H3. The fraction of sp³-hybridized carbons (Fsp3) is 0.308. The first kappa shape index (κ1) is 11.3. The smallest absolute Gasteiger partial charge is 0.179 e. The maximum Gasteiger partial charge on any atom is 0.179 e. The van der Waals surface area contributed by atoms with Crippen molar-refractivity contribution < 1.29 is 4.79 Å². The first-order valence-corrected chi connectivity index (χ1v) is 6.33. The Bertz CT molecular complexity index is 499. The summed E-state index contributed by atoms with van der Waals surface area (Å²) in [5.74, 6) is 0.179. The highest BCUT2D eigenvalue weighted by Crippen LogP contribution is 2.22. The Morgan fingerprint density at radius 2 is 2.25 bits per heavy atom. The number of carbonyl (C=O) groups is 1. The van der Waals surface area contributed by atoms with Gasteiger partial charge in [-0.15, -0.1) is 11.3 Å². The number of thiophene rings is 1. The van der Waals surface area contributed by atoms with Gasteiger partial charge in [-0.2, -0.15) is 0 Å². The minimum absolute atomic E-state index is 0.0731. The van der Waals surface area contributed by atoms with Gasteiger partial charge in [0.25, 0.3) is 0 Å². The number of carbonyl (C=O) groups excluding carboxylic acids is 1.